The lowest BCUT2D eigenvalue weighted by Crippen LogP contribution is -2.36. The average Bonchev–Trinajstić information content (AvgIpc) is 3.45. The smallest absolute Gasteiger partial charge is 0.336 e. The zero-order valence-electron chi connectivity index (χ0n) is 22.4. The molecule has 2 aliphatic heterocycles. The molecule has 0 saturated carbocycles. The van der Waals surface area contributed by atoms with Gasteiger partial charge in [0, 0.05) is 67.8 Å². The Kier molecular flexibility index (Phi) is 7.52. The Balaban J connectivity index is 1.49. The van der Waals surface area contributed by atoms with E-state index in [0.29, 0.717) is 41.9 Å². The zero-order chi connectivity index (χ0) is 27.7. The highest BCUT2D eigenvalue weighted by molar-refractivity contribution is 6.04. The maximum absolute atomic E-state index is 13.8. The average molecular weight is 532 g/mol. The number of nitro benzene ring substituents is 1. The fraction of sp³-hybridized carbons (Fsp3) is 0.400. The Morgan fingerprint density at radius 1 is 1.10 bits per heavy atom. The number of Topliss-reactive ketones (excluding diaryl/α,β-unsaturated/α-hetero) is 1. The van der Waals surface area contributed by atoms with Crippen molar-refractivity contribution >= 4 is 23.1 Å². The van der Waals surface area contributed by atoms with E-state index in [1.54, 1.807) is 12.1 Å². The van der Waals surface area contributed by atoms with Crippen molar-refractivity contribution in [3.8, 4) is 0 Å². The van der Waals surface area contributed by atoms with Gasteiger partial charge in [0.05, 0.1) is 16.6 Å². The second-order valence-corrected chi connectivity index (χ2v) is 10.6. The van der Waals surface area contributed by atoms with Crippen LogP contribution in [0.2, 0.25) is 0 Å². The van der Waals surface area contributed by atoms with Crippen LogP contribution in [0.25, 0.3) is 0 Å². The van der Waals surface area contributed by atoms with E-state index in [4.69, 9.17) is 9.47 Å². The van der Waals surface area contributed by atoms with Crippen molar-refractivity contribution in [2.24, 2.45) is 0 Å². The largest absolute Gasteiger partial charge is 0.459 e. The minimum absolute atomic E-state index is 0.00158. The normalized spacial score (nSPS) is 22.8. The number of dihydropyridines is 1. The number of carbonyl (C=O) groups is 2. The van der Waals surface area contributed by atoms with E-state index in [2.05, 4.69) is 17.4 Å². The van der Waals surface area contributed by atoms with Crippen molar-refractivity contribution in [1.82, 2.24) is 5.32 Å². The molecule has 1 aliphatic carbocycles. The molecular weight excluding hydrogens is 498 g/mol. The minimum Gasteiger partial charge on any atom is -0.459 e. The van der Waals surface area contributed by atoms with Crippen molar-refractivity contribution in [1.29, 1.82) is 0 Å². The molecule has 1 saturated heterocycles. The van der Waals surface area contributed by atoms with Crippen LogP contribution in [0.1, 0.15) is 55.6 Å². The summed E-state index contributed by atoms with van der Waals surface area (Å²) in [6, 6.07) is 14.3. The van der Waals surface area contributed by atoms with E-state index in [-0.39, 0.29) is 30.1 Å². The third-order valence-electron chi connectivity index (χ3n) is 7.79. The number of benzene rings is 2. The maximum atomic E-state index is 13.8. The molecule has 9 nitrogen and oxygen atoms in total. The van der Waals surface area contributed by atoms with Gasteiger partial charge in [0.15, 0.2) is 5.78 Å². The van der Waals surface area contributed by atoms with Gasteiger partial charge in [0.25, 0.3) is 5.69 Å². The highest BCUT2D eigenvalue weighted by atomic mass is 16.6. The molecule has 0 radical (unpaired) electrons. The molecule has 0 spiro atoms. The van der Waals surface area contributed by atoms with E-state index in [0.717, 1.165) is 29.8 Å². The molecule has 5 rings (SSSR count). The van der Waals surface area contributed by atoms with Crippen LogP contribution >= 0.6 is 0 Å². The van der Waals surface area contributed by atoms with E-state index >= 15 is 0 Å². The predicted molar refractivity (Wildman–Crippen MR) is 146 cm³/mol. The molecule has 0 aromatic heterocycles. The summed E-state index contributed by atoms with van der Waals surface area (Å²) in [6.07, 6.45) is 2.56. The quantitative estimate of drug-likeness (QED) is 0.310. The lowest BCUT2D eigenvalue weighted by molar-refractivity contribution is -0.384. The van der Waals surface area contributed by atoms with Crippen LogP contribution in [0.3, 0.4) is 0 Å². The number of nitrogens with one attached hydrogen (secondary N) is 1. The summed E-state index contributed by atoms with van der Waals surface area (Å²) in [4.78, 5) is 40.1. The molecule has 0 unspecified atom stereocenters. The van der Waals surface area contributed by atoms with Crippen LogP contribution in [0.4, 0.5) is 11.4 Å². The van der Waals surface area contributed by atoms with E-state index in [9.17, 15) is 19.7 Å². The Morgan fingerprint density at radius 3 is 2.41 bits per heavy atom. The van der Waals surface area contributed by atoms with Crippen molar-refractivity contribution in [2.45, 2.75) is 50.5 Å². The third kappa shape index (κ3) is 5.45. The molecule has 2 heterocycles. The van der Waals surface area contributed by atoms with Crippen LogP contribution in [0, 0.1) is 10.1 Å². The van der Waals surface area contributed by atoms with Crippen molar-refractivity contribution < 1.29 is 24.0 Å². The zero-order valence-corrected chi connectivity index (χ0v) is 22.4. The standard InChI is InChI=1S/C30H33N3O6/c1-18-27(30(35)39-17-24-5-4-14-38-24)28(20-8-12-23(13-9-20)33(36)37)29-25(31-18)15-21(16-26(29)34)19-6-10-22(11-7-19)32(2)3/h6-13,21,24,28,31H,4-5,14-17H2,1-3H3/t21-,24+,28-/m1/s1. The number of carbonyl (C=O) groups excluding carboxylic acids is 2. The SMILES string of the molecule is CC1=C(C(=O)OC[C@@H]2CCCO2)[C@@H](c2ccc([N+](=O)[O-])cc2)C2=C(C[C@@H](c3ccc(N(C)C)cc3)CC2=O)N1. The predicted octanol–water partition coefficient (Wildman–Crippen LogP) is 4.74. The fourth-order valence-electron chi connectivity index (χ4n) is 5.73. The van der Waals surface area contributed by atoms with Gasteiger partial charge in [-0.3, -0.25) is 14.9 Å². The number of ether oxygens (including phenoxy) is 2. The van der Waals surface area contributed by atoms with Gasteiger partial charge in [-0.2, -0.15) is 0 Å². The van der Waals surface area contributed by atoms with Crippen LogP contribution < -0.4 is 10.2 Å². The van der Waals surface area contributed by atoms with E-state index in [1.807, 2.05) is 38.1 Å². The number of anilines is 1. The van der Waals surface area contributed by atoms with Crippen molar-refractivity contribution in [3.05, 3.63) is 92.3 Å². The van der Waals surface area contributed by atoms with Crippen LogP contribution in [0.5, 0.6) is 0 Å². The number of ketones is 1. The second-order valence-electron chi connectivity index (χ2n) is 10.6. The summed E-state index contributed by atoms with van der Waals surface area (Å²) < 4.78 is 11.3. The summed E-state index contributed by atoms with van der Waals surface area (Å²) >= 11 is 0. The summed E-state index contributed by atoms with van der Waals surface area (Å²) in [7, 11) is 3.97. The molecule has 0 amide bonds. The van der Waals surface area contributed by atoms with Gasteiger partial charge in [0.1, 0.15) is 6.61 Å². The monoisotopic (exact) mass is 531 g/mol. The summed E-state index contributed by atoms with van der Waals surface area (Å²) in [5.74, 6) is -1.24. The fourth-order valence-corrected chi connectivity index (χ4v) is 5.73. The van der Waals surface area contributed by atoms with Crippen LogP contribution in [-0.4, -0.2) is 50.1 Å². The van der Waals surface area contributed by atoms with Gasteiger partial charge in [-0.25, -0.2) is 4.79 Å². The van der Waals surface area contributed by atoms with E-state index in [1.165, 1.54) is 12.1 Å². The molecule has 3 aliphatic rings. The lowest BCUT2D eigenvalue weighted by atomic mass is 9.71. The highest BCUT2D eigenvalue weighted by Crippen LogP contribution is 2.46. The Morgan fingerprint density at radius 2 is 1.79 bits per heavy atom. The topological polar surface area (TPSA) is 111 Å². The number of rotatable bonds is 7. The molecule has 9 heteroatoms. The first kappa shape index (κ1) is 26.6. The van der Waals surface area contributed by atoms with Gasteiger partial charge >= 0.3 is 5.97 Å². The van der Waals surface area contributed by atoms with Crippen molar-refractivity contribution in [2.75, 3.05) is 32.2 Å². The van der Waals surface area contributed by atoms with Crippen molar-refractivity contribution in [3.63, 3.8) is 0 Å². The molecule has 204 valence electrons. The molecule has 1 N–H and O–H groups in total. The third-order valence-corrected chi connectivity index (χ3v) is 7.79. The number of hydrogen-bond acceptors (Lipinski definition) is 8. The van der Waals surface area contributed by atoms with Crippen LogP contribution in [0.15, 0.2) is 71.1 Å². The summed E-state index contributed by atoms with van der Waals surface area (Å²) in [5.41, 5.74) is 5.02. The summed E-state index contributed by atoms with van der Waals surface area (Å²) in [5, 5.41) is 14.6. The van der Waals surface area contributed by atoms with Gasteiger partial charge in [0.2, 0.25) is 0 Å². The number of non-ortho nitro benzene ring substituents is 1. The first-order valence-electron chi connectivity index (χ1n) is 13.3. The molecule has 0 bridgehead atoms. The van der Waals surface area contributed by atoms with Gasteiger partial charge < -0.3 is 19.7 Å². The molecule has 39 heavy (non-hydrogen) atoms. The van der Waals surface area contributed by atoms with Crippen LogP contribution in [-0.2, 0) is 19.1 Å². The first-order chi connectivity index (χ1) is 18.7. The number of nitrogens with zero attached hydrogens (tertiary/aromatic N) is 2. The Labute approximate surface area is 227 Å². The Bertz CT molecular complexity index is 1340. The molecule has 2 aromatic rings. The number of hydrogen-bond donors (Lipinski definition) is 1. The molecule has 3 atom stereocenters. The molecular formula is C30H33N3O6. The second kappa shape index (κ2) is 11.0. The number of esters is 1. The van der Waals surface area contributed by atoms with Gasteiger partial charge in [-0.05, 0) is 55.4 Å². The highest BCUT2D eigenvalue weighted by Gasteiger charge is 2.41. The van der Waals surface area contributed by atoms with Gasteiger partial charge in [-0.1, -0.05) is 24.3 Å². The summed E-state index contributed by atoms with van der Waals surface area (Å²) in [6.45, 7) is 2.61. The minimum atomic E-state index is -0.677. The van der Waals surface area contributed by atoms with Gasteiger partial charge in [-0.15, -0.1) is 0 Å². The molecule has 1 fully saturated rings. The Hall–Kier alpha value is -3.98. The van der Waals surface area contributed by atoms with E-state index < -0.39 is 16.8 Å². The maximum Gasteiger partial charge on any atom is 0.336 e. The molecule has 2 aromatic carbocycles. The lowest BCUT2D eigenvalue weighted by Gasteiger charge is -2.36. The number of nitro groups is 1. The number of allylic oxidation sites excluding steroid dienone is 3. The first-order valence-corrected chi connectivity index (χ1v) is 13.3.